The summed E-state index contributed by atoms with van der Waals surface area (Å²) >= 11 is 2.93. The highest BCUT2D eigenvalue weighted by molar-refractivity contribution is 8.01. The van der Waals surface area contributed by atoms with Crippen molar-refractivity contribution in [2.24, 2.45) is 5.92 Å². The lowest BCUT2D eigenvalue weighted by Crippen LogP contribution is -2.44. The first-order valence-corrected chi connectivity index (χ1v) is 9.94. The molecular formula is C16H20N4O3S2. The van der Waals surface area contributed by atoms with Crippen molar-refractivity contribution in [3.63, 3.8) is 0 Å². The fourth-order valence-electron chi connectivity index (χ4n) is 2.74. The standard InChI is InChI=1S/C16H20N4O3S2/c1-11-18-19-16(25-11)24-10-14(21)20-6-2-4-12(9-20)8-17-15(22)13-5-3-7-23-13/h3,5,7,12H,2,4,6,8-10H2,1H3,(H,17,22)/t12-/m1/s1. The van der Waals surface area contributed by atoms with Gasteiger partial charge in [-0.15, -0.1) is 10.2 Å². The summed E-state index contributed by atoms with van der Waals surface area (Å²) < 4.78 is 5.91. The lowest BCUT2D eigenvalue weighted by atomic mass is 9.98. The second kappa shape index (κ2) is 8.48. The van der Waals surface area contributed by atoms with Crippen LogP contribution in [0, 0.1) is 12.8 Å². The number of furan rings is 1. The van der Waals surface area contributed by atoms with Crippen LogP contribution in [0.25, 0.3) is 0 Å². The van der Waals surface area contributed by atoms with Crippen molar-refractivity contribution in [3.05, 3.63) is 29.2 Å². The van der Waals surface area contributed by atoms with Crippen molar-refractivity contribution in [1.82, 2.24) is 20.4 Å². The maximum atomic E-state index is 12.4. The summed E-state index contributed by atoms with van der Waals surface area (Å²) in [5.41, 5.74) is 0. The van der Waals surface area contributed by atoms with Gasteiger partial charge in [0, 0.05) is 19.6 Å². The molecule has 0 saturated carbocycles. The highest BCUT2D eigenvalue weighted by atomic mass is 32.2. The van der Waals surface area contributed by atoms with E-state index in [1.807, 2.05) is 11.8 Å². The molecule has 2 aromatic rings. The number of hydrogen-bond acceptors (Lipinski definition) is 7. The van der Waals surface area contributed by atoms with Crippen LogP contribution in [0.15, 0.2) is 27.2 Å². The highest BCUT2D eigenvalue weighted by Gasteiger charge is 2.24. The zero-order chi connectivity index (χ0) is 17.6. The summed E-state index contributed by atoms with van der Waals surface area (Å²) in [5, 5.41) is 11.8. The average molecular weight is 380 g/mol. The number of hydrogen-bond donors (Lipinski definition) is 1. The summed E-state index contributed by atoms with van der Waals surface area (Å²) in [5.74, 6) is 0.855. The van der Waals surface area contributed by atoms with Gasteiger partial charge in [0.1, 0.15) is 5.01 Å². The van der Waals surface area contributed by atoms with Gasteiger partial charge in [-0.05, 0) is 37.8 Å². The largest absolute Gasteiger partial charge is 0.459 e. The highest BCUT2D eigenvalue weighted by Crippen LogP contribution is 2.23. The maximum absolute atomic E-state index is 12.4. The fourth-order valence-corrected chi connectivity index (χ4v) is 4.46. The van der Waals surface area contributed by atoms with Crippen LogP contribution in [0.4, 0.5) is 0 Å². The Balaban J connectivity index is 1.43. The molecule has 3 heterocycles. The van der Waals surface area contributed by atoms with Crippen molar-refractivity contribution < 1.29 is 14.0 Å². The van der Waals surface area contributed by atoms with Gasteiger partial charge in [0.15, 0.2) is 10.1 Å². The number of amides is 2. The van der Waals surface area contributed by atoms with Crippen LogP contribution < -0.4 is 5.32 Å². The monoisotopic (exact) mass is 380 g/mol. The molecule has 25 heavy (non-hydrogen) atoms. The number of thioether (sulfide) groups is 1. The predicted octanol–water partition coefficient (Wildman–Crippen LogP) is 2.20. The van der Waals surface area contributed by atoms with Crippen LogP contribution in [0.3, 0.4) is 0 Å². The molecule has 1 saturated heterocycles. The molecule has 0 aliphatic carbocycles. The SMILES string of the molecule is Cc1nnc(SCC(=O)N2CCC[C@H](CNC(=O)c3ccco3)C2)s1. The maximum Gasteiger partial charge on any atom is 0.286 e. The van der Waals surface area contributed by atoms with Crippen LogP contribution in [-0.2, 0) is 4.79 Å². The quantitative estimate of drug-likeness (QED) is 0.773. The minimum Gasteiger partial charge on any atom is -0.459 e. The van der Waals surface area contributed by atoms with Crippen LogP contribution >= 0.6 is 23.1 Å². The van der Waals surface area contributed by atoms with Crippen LogP contribution in [0.1, 0.15) is 28.4 Å². The number of carbonyl (C=O) groups is 2. The third-order valence-electron chi connectivity index (χ3n) is 3.99. The van der Waals surface area contributed by atoms with Gasteiger partial charge in [-0.3, -0.25) is 9.59 Å². The number of rotatable bonds is 6. The molecule has 0 aromatic carbocycles. The van der Waals surface area contributed by atoms with E-state index in [1.165, 1.54) is 29.4 Å². The zero-order valence-electron chi connectivity index (χ0n) is 13.9. The molecule has 0 spiro atoms. The minimum absolute atomic E-state index is 0.111. The van der Waals surface area contributed by atoms with Gasteiger partial charge in [-0.1, -0.05) is 23.1 Å². The third kappa shape index (κ3) is 5.05. The summed E-state index contributed by atoms with van der Waals surface area (Å²) in [6, 6.07) is 3.32. The Morgan fingerprint density at radius 3 is 3.08 bits per heavy atom. The summed E-state index contributed by atoms with van der Waals surface area (Å²) in [6.07, 6.45) is 3.44. The fraction of sp³-hybridized carbons (Fsp3) is 0.500. The zero-order valence-corrected chi connectivity index (χ0v) is 15.6. The molecule has 1 atom stereocenters. The normalized spacial score (nSPS) is 17.5. The van der Waals surface area contributed by atoms with E-state index in [0.29, 0.717) is 24.6 Å². The van der Waals surface area contributed by atoms with Crippen molar-refractivity contribution in [2.45, 2.75) is 24.1 Å². The molecule has 7 nitrogen and oxygen atoms in total. The van der Waals surface area contributed by atoms with E-state index in [1.54, 1.807) is 12.1 Å². The lowest BCUT2D eigenvalue weighted by molar-refractivity contribution is -0.130. The first kappa shape index (κ1) is 17.9. The predicted molar refractivity (Wildman–Crippen MR) is 95.7 cm³/mol. The van der Waals surface area contributed by atoms with Crippen molar-refractivity contribution in [1.29, 1.82) is 0 Å². The Bertz CT molecular complexity index is 717. The molecule has 0 radical (unpaired) electrons. The molecule has 1 N–H and O–H groups in total. The number of nitrogens with one attached hydrogen (secondary N) is 1. The molecule has 2 amide bonds. The first-order valence-electron chi connectivity index (χ1n) is 8.14. The summed E-state index contributed by atoms with van der Waals surface area (Å²) in [4.78, 5) is 26.2. The number of aromatic nitrogens is 2. The van der Waals surface area contributed by atoms with Crippen molar-refractivity contribution in [3.8, 4) is 0 Å². The van der Waals surface area contributed by atoms with E-state index in [2.05, 4.69) is 15.5 Å². The van der Waals surface area contributed by atoms with Crippen molar-refractivity contribution in [2.75, 3.05) is 25.4 Å². The number of nitrogens with zero attached hydrogens (tertiary/aromatic N) is 3. The molecule has 1 fully saturated rings. The molecular weight excluding hydrogens is 360 g/mol. The molecule has 0 unspecified atom stereocenters. The Kier molecular flexibility index (Phi) is 6.09. The van der Waals surface area contributed by atoms with E-state index in [4.69, 9.17) is 4.42 Å². The van der Waals surface area contributed by atoms with Gasteiger partial charge >= 0.3 is 0 Å². The number of piperidine rings is 1. The second-order valence-corrected chi connectivity index (χ2v) is 8.32. The minimum atomic E-state index is -0.212. The summed E-state index contributed by atoms with van der Waals surface area (Å²) in [6.45, 7) is 3.89. The summed E-state index contributed by atoms with van der Waals surface area (Å²) in [7, 11) is 0. The van der Waals surface area contributed by atoms with Crippen molar-refractivity contribution >= 4 is 34.9 Å². The lowest BCUT2D eigenvalue weighted by Gasteiger charge is -2.32. The molecule has 1 aliphatic rings. The van der Waals surface area contributed by atoms with Crippen LogP contribution in [0.5, 0.6) is 0 Å². The van der Waals surface area contributed by atoms with E-state index in [0.717, 1.165) is 28.7 Å². The topological polar surface area (TPSA) is 88.3 Å². The smallest absolute Gasteiger partial charge is 0.286 e. The first-order chi connectivity index (χ1) is 12.1. The van der Waals surface area contributed by atoms with Gasteiger partial charge in [-0.2, -0.15) is 0 Å². The van der Waals surface area contributed by atoms with Gasteiger partial charge < -0.3 is 14.6 Å². The molecule has 0 bridgehead atoms. The van der Waals surface area contributed by atoms with E-state index < -0.39 is 0 Å². The third-order valence-corrected chi connectivity index (χ3v) is 5.95. The second-order valence-electron chi connectivity index (χ2n) is 5.91. The van der Waals surface area contributed by atoms with Crippen LogP contribution in [0.2, 0.25) is 0 Å². The van der Waals surface area contributed by atoms with Gasteiger partial charge in [-0.25, -0.2) is 0 Å². The molecule has 9 heteroatoms. The van der Waals surface area contributed by atoms with Gasteiger partial charge in [0.05, 0.1) is 12.0 Å². The Morgan fingerprint density at radius 1 is 1.48 bits per heavy atom. The van der Waals surface area contributed by atoms with E-state index in [-0.39, 0.29) is 17.7 Å². The molecule has 3 rings (SSSR count). The molecule has 134 valence electrons. The Morgan fingerprint density at radius 2 is 2.36 bits per heavy atom. The molecule has 1 aliphatic heterocycles. The van der Waals surface area contributed by atoms with Gasteiger partial charge in [0.2, 0.25) is 5.91 Å². The van der Waals surface area contributed by atoms with E-state index in [9.17, 15) is 9.59 Å². The van der Waals surface area contributed by atoms with Crippen LogP contribution in [-0.4, -0.2) is 52.3 Å². The molecule has 2 aromatic heterocycles. The number of likely N-dealkylation sites (tertiary alicyclic amines) is 1. The average Bonchev–Trinajstić information content (AvgIpc) is 3.29. The number of aryl methyl sites for hydroxylation is 1. The number of carbonyl (C=O) groups excluding carboxylic acids is 2. The Labute approximate surface area is 154 Å². The Hall–Kier alpha value is -1.87. The van der Waals surface area contributed by atoms with E-state index >= 15 is 0 Å². The van der Waals surface area contributed by atoms with Gasteiger partial charge in [0.25, 0.3) is 5.91 Å².